The van der Waals surface area contributed by atoms with Crippen molar-refractivity contribution in [3.8, 4) is 0 Å². The summed E-state index contributed by atoms with van der Waals surface area (Å²) in [6.45, 7) is 12.0. The molecule has 2 unspecified atom stereocenters. The van der Waals surface area contributed by atoms with Gasteiger partial charge < -0.3 is 10.6 Å². The summed E-state index contributed by atoms with van der Waals surface area (Å²) in [5.41, 5.74) is 6.12. The minimum Gasteiger partial charge on any atom is -0.328 e. The van der Waals surface area contributed by atoms with E-state index in [2.05, 4.69) is 30.6 Å². The zero-order valence-corrected chi connectivity index (χ0v) is 13.9. The highest BCUT2D eigenvalue weighted by Gasteiger charge is 2.31. The van der Waals surface area contributed by atoms with Crippen LogP contribution in [0, 0.1) is 5.92 Å². The summed E-state index contributed by atoms with van der Waals surface area (Å²) in [4.78, 5) is 5.48. The molecule has 2 aliphatic rings. The molecule has 0 radical (unpaired) electrons. The highest BCUT2D eigenvalue weighted by molar-refractivity contribution is 4.87. The number of nitrogens with zero attached hydrogens (tertiary/aromatic N) is 2. The lowest BCUT2D eigenvalue weighted by molar-refractivity contribution is 0.0512. The normalized spacial score (nSPS) is 28.9. The lowest BCUT2D eigenvalue weighted by Gasteiger charge is -2.44. The van der Waals surface area contributed by atoms with E-state index in [0.29, 0.717) is 6.04 Å². The van der Waals surface area contributed by atoms with E-state index in [-0.39, 0.29) is 0 Å². The molecule has 0 aliphatic carbocycles. The van der Waals surface area contributed by atoms with Crippen LogP contribution in [0.1, 0.15) is 59.3 Å². The van der Waals surface area contributed by atoms with E-state index in [9.17, 15) is 0 Å². The third kappa shape index (κ3) is 3.96. The topological polar surface area (TPSA) is 32.5 Å². The Hall–Kier alpha value is -0.120. The van der Waals surface area contributed by atoms with Crippen molar-refractivity contribution in [3.63, 3.8) is 0 Å². The molecule has 20 heavy (non-hydrogen) atoms. The van der Waals surface area contributed by atoms with Crippen LogP contribution in [0.2, 0.25) is 0 Å². The predicted octanol–water partition coefficient (Wildman–Crippen LogP) is 2.70. The largest absolute Gasteiger partial charge is 0.328 e. The van der Waals surface area contributed by atoms with E-state index in [0.717, 1.165) is 18.0 Å². The van der Waals surface area contributed by atoms with Crippen molar-refractivity contribution >= 4 is 0 Å². The quantitative estimate of drug-likeness (QED) is 0.841. The number of hydrogen-bond acceptors (Lipinski definition) is 3. The maximum Gasteiger partial charge on any atom is 0.0120 e. The molecule has 2 fully saturated rings. The first-order chi connectivity index (χ1) is 9.65. The van der Waals surface area contributed by atoms with Gasteiger partial charge in [-0.15, -0.1) is 0 Å². The number of piperidine rings is 2. The van der Waals surface area contributed by atoms with E-state index in [1.807, 2.05) is 0 Å². The maximum absolute atomic E-state index is 6.12. The molecule has 2 heterocycles. The van der Waals surface area contributed by atoms with Crippen molar-refractivity contribution < 1.29 is 0 Å². The summed E-state index contributed by atoms with van der Waals surface area (Å²) < 4.78 is 0. The molecule has 0 spiro atoms. The zero-order chi connectivity index (χ0) is 14.5. The Labute approximate surface area is 125 Å². The lowest BCUT2D eigenvalue weighted by Crippen LogP contribution is -2.52. The second kappa shape index (κ2) is 7.77. The Morgan fingerprint density at radius 3 is 2.25 bits per heavy atom. The fraction of sp³-hybridized carbons (Fsp3) is 1.00. The second-order valence-corrected chi connectivity index (χ2v) is 6.99. The van der Waals surface area contributed by atoms with Gasteiger partial charge in [-0.25, -0.2) is 0 Å². The van der Waals surface area contributed by atoms with Crippen LogP contribution in [-0.4, -0.2) is 54.1 Å². The molecule has 0 aromatic rings. The predicted molar refractivity (Wildman–Crippen MR) is 86.9 cm³/mol. The molecule has 118 valence electrons. The van der Waals surface area contributed by atoms with Crippen LogP contribution in [0.4, 0.5) is 0 Å². The van der Waals surface area contributed by atoms with Gasteiger partial charge in [-0.2, -0.15) is 0 Å². The maximum atomic E-state index is 6.12. The van der Waals surface area contributed by atoms with Crippen molar-refractivity contribution in [1.29, 1.82) is 0 Å². The summed E-state index contributed by atoms with van der Waals surface area (Å²) in [6.07, 6.45) is 8.01. The molecule has 0 saturated carbocycles. The van der Waals surface area contributed by atoms with Crippen molar-refractivity contribution in [2.24, 2.45) is 11.7 Å². The molecule has 0 bridgehead atoms. The van der Waals surface area contributed by atoms with Gasteiger partial charge in [-0.3, -0.25) is 4.90 Å². The molecular weight excluding hydrogens is 246 g/mol. The first kappa shape index (κ1) is 16.3. The molecule has 0 aromatic heterocycles. The summed E-state index contributed by atoms with van der Waals surface area (Å²) in [5.74, 6) is 0.723. The van der Waals surface area contributed by atoms with Crippen LogP contribution in [0.5, 0.6) is 0 Å². The van der Waals surface area contributed by atoms with Crippen LogP contribution in [-0.2, 0) is 0 Å². The van der Waals surface area contributed by atoms with Crippen molar-refractivity contribution in [2.45, 2.75) is 77.4 Å². The average molecular weight is 281 g/mol. The molecule has 3 heteroatoms. The van der Waals surface area contributed by atoms with Gasteiger partial charge in [0.15, 0.2) is 0 Å². The highest BCUT2D eigenvalue weighted by Crippen LogP contribution is 2.26. The minimum atomic E-state index is 0.363. The number of hydrogen-bond donors (Lipinski definition) is 1. The lowest BCUT2D eigenvalue weighted by atomic mass is 9.89. The van der Waals surface area contributed by atoms with Crippen molar-refractivity contribution in [1.82, 2.24) is 9.80 Å². The van der Waals surface area contributed by atoms with Gasteiger partial charge in [0.1, 0.15) is 0 Å². The third-order valence-corrected chi connectivity index (χ3v) is 5.71. The highest BCUT2D eigenvalue weighted by atomic mass is 15.2. The first-order valence-electron chi connectivity index (χ1n) is 8.89. The molecule has 0 amide bonds. The Morgan fingerprint density at radius 2 is 1.70 bits per heavy atom. The smallest absolute Gasteiger partial charge is 0.0120 e. The van der Waals surface area contributed by atoms with Gasteiger partial charge in [0.25, 0.3) is 0 Å². The molecule has 2 N–H and O–H groups in total. The molecular formula is C17H35N3. The number of likely N-dealkylation sites (tertiary alicyclic amines) is 2. The SMILES string of the molecule is CCC(CC)N1CCC(N2CCCC(C(C)N)C2)CC1. The fourth-order valence-corrected chi connectivity index (χ4v) is 4.22. The zero-order valence-electron chi connectivity index (χ0n) is 13.9. The van der Waals surface area contributed by atoms with Crippen LogP contribution in [0.3, 0.4) is 0 Å². The summed E-state index contributed by atoms with van der Waals surface area (Å²) in [7, 11) is 0. The first-order valence-corrected chi connectivity index (χ1v) is 8.89. The minimum absolute atomic E-state index is 0.363. The molecule has 2 saturated heterocycles. The Kier molecular flexibility index (Phi) is 6.31. The third-order valence-electron chi connectivity index (χ3n) is 5.71. The number of nitrogens with two attached hydrogens (primary N) is 1. The molecule has 2 rings (SSSR count). The van der Waals surface area contributed by atoms with Crippen LogP contribution < -0.4 is 5.73 Å². The van der Waals surface area contributed by atoms with Gasteiger partial charge >= 0.3 is 0 Å². The van der Waals surface area contributed by atoms with Crippen LogP contribution in [0.15, 0.2) is 0 Å². The number of rotatable bonds is 5. The second-order valence-electron chi connectivity index (χ2n) is 6.99. The van der Waals surface area contributed by atoms with Crippen LogP contribution in [0.25, 0.3) is 0 Å². The Morgan fingerprint density at radius 1 is 1.05 bits per heavy atom. The van der Waals surface area contributed by atoms with Gasteiger partial charge in [0.05, 0.1) is 0 Å². The standard InChI is InChI=1S/C17H35N3/c1-4-16(5-2)19-11-8-17(9-12-19)20-10-6-7-15(13-20)14(3)18/h14-17H,4-13,18H2,1-3H3. The van der Waals surface area contributed by atoms with Gasteiger partial charge in [-0.05, 0) is 71.0 Å². The Bertz CT molecular complexity index is 267. The fourth-order valence-electron chi connectivity index (χ4n) is 4.22. The average Bonchev–Trinajstić information content (AvgIpc) is 2.49. The van der Waals surface area contributed by atoms with Crippen molar-refractivity contribution in [3.05, 3.63) is 0 Å². The summed E-state index contributed by atoms with van der Waals surface area (Å²) in [6, 6.07) is 2.00. The van der Waals surface area contributed by atoms with Gasteiger partial charge in [0.2, 0.25) is 0 Å². The molecule has 2 atom stereocenters. The summed E-state index contributed by atoms with van der Waals surface area (Å²) in [5, 5.41) is 0. The molecule has 0 aromatic carbocycles. The van der Waals surface area contributed by atoms with E-state index in [1.165, 1.54) is 64.7 Å². The van der Waals surface area contributed by atoms with E-state index in [1.54, 1.807) is 0 Å². The molecule has 2 aliphatic heterocycles. The van der Waals surface area contributed by atoms with Crippen LogP contribution >= 0.6 is 0 Å². The van der Waals surface area contributed by atoms with Gasteiger partial charge in [-0.1, -0.05) is 13.8 Å². The Balaban J connectivity index is 1.81. The van der Waals surface area contributed by atoms with E-state index in [4.69, 9.17) is 5.73 Å². The molecule has 3 nitrogen and oxygen atoms in total. The summed E-state index contributed by atoms with van der Waals surface area (Å²) >= 11 is 0. The van der Waals surface area contributed by atoms with E-state index >= 15 is 0 Å². The van der Waals surface area contributed by atoms with Gasteiger partial charge in [0, 0.05) is 24.7 Å². The van der Waals surface area contributed by atoms with Crippen molar-refractivity contribution in [2.75, 3.05) is 26.2 Å². The van der Waals surface area contributed by atoms with E-state index < -0.39 is 0 Å². The monoisotopic (exact) mass is 281 g/mol.